The first-order chi connectivity index (χ1) is 11.4. The molecule has 1 N–H and O–H groups in total. The van der Waals surface area contributed by atoms with Crippen molar-refractivity contribution in [1.29, 1.82) is 0 Å². The molecule has 0 radical (unpaired) electrons. The van der Waals surface area contributed by atoms with Crippen molar-refractivity contribution in [2.75, 3.05) is 29.6 Å². The van der Waals surface area contributed by atoms with Gasteiger partial charge >= 0.3 is 0 Å². The van der Waals surface area contributed by atoms with E-state index in [0.717, 1.165) is 42.1 Å². The summed E-state index contributed by atoms with van der Waals surface area (Å²) in [5.74, 6) is 0. The Morgan fingerprint density at radius 2 is 1.91 bits per heavy atom. The van der Waals surface area contributed by atoms with Crippen molar-refractivity contribution in [2.24, 2.45) is 0 Å². The molecule has 3 aromatic heterocycles. The Labute approximate surface area is 136 Å². The molecule has 0 saturated carbocycles. The minimum Gasteiger partial charge on any atom is -0.352 e. The zero-order valence-corrected chi connectivity index (χ0v) is 13.1. The van der Waals surface area contributed by atoms with Crippen LogP contribution in [-0.4, -0.2) is 39.7 Å². The number of imidazole rings is 1. The molecule has 1 saturated heterocycles. The Balaban J connectivity index is 1.42. The number of fused-ring (bicyclic) bond motifs is 2. The van der Waals surface area contributed by atoms with Crippen LogP contribution in [0.2, 0.25) is 0 Å². The Hall–Kier alpha value is -2.67. The van der Waals surface area contributed by atoms with Gasteiger partial charge in [-0.25, -0.2) is 15.0 Å². The quantitative estimate of drug-likeness (QED) is 0.615. The van der Waals surface area contributed by atoms with Crippen molar-refractivity contribution in [2.45, 2.75) is 0 Å². The van der Waals surface area contributed by atoms with E-state index >= 15 is 0 Å². The largest absolute Gasteiger partial charge is 0.352 e. The normalized spacial score (nSPS) is 15.1. The highest BCUT2D eigenvalue weighted by Gasteiger charge is 2.21. The Bertz CT molecular complexity index is 910. The van der Waals surface area contributed by atoms with Gasteiger partial charge in [0.15, 0.2) is 5.65 Å². The number of aromatic nitrogens is 4. The predicted octanol–water partition coefficient (Wildman–Crippen LogP) is 2.85. The number of aromatic amines is 1. The molecule has 1 aliphatic rings. The fourth-order valence-electron chi connectivity index (χ4n) is 3.04. The van der Waals surface area contributed by atoms with Crippen LogP contribution < -0.4 is 9.80 Å². The van der Waals surface area contributed by atoms with Crippen LogP contribution in [0.3, 0.4) is 0 Å². The topological polar surface area (TPSA) is 60.9 Å². The summed E-state index contributed by atoms with van der Waals surface area (Å²) in [5.41, 5.74) is 7.09. The van der Waals surface area contributed by atoms with Crippen LogP contribution in [0.25, 0.3) is 21.4 Å². The van der Waals surface area contributed by atoms with E-state index in [2.05, 4.69) is 54.0 Å². The van der Waals surface area contributed by atoms with Crippen molar-refractivity contribution in [1.82, 2.24) is 19.9 Å². The summed E-state index contributed by atoms with van der Waals surface area (Å²) in [6.07, 6.45) is 3.58. The van der Waals surface area contributed by atoms with E-state index in [-0.39, 0.29) is 0 Å². The van der Waals surface area contributed by atoms with Gasteiger partial charge in [-0.2, -0.15) is 0 Å². The lowest BCUT2D eigenvalue weighted by Gasteiger charge is -2.21. The molecule has 1 aromatic carbocycles. The third-order valence-corrected chi connectivity index (χ3v) is 5.08. The molecule has 0 amide bonds. The molecule has 23 heavy (non-hydrogen) atoms. The van der Waals surface area contributed by atoms with Gasteiger partial charge in [-0.05, 0) is 24.3 Å². The molecular formula is C16H14N6S. The maximum Gasteiger partial charge on any atom is 0.177 e. The lowest BCUT2D eigenvalue weighted by molar-refractivity contribution is 0.948. The fourth-order valence-corrected chi connectivity index (χ4v) is 3.75. The molecule has 0 unspecified atom stereocenters. The van der Waals surface area contributed by atoms with Gasteiger partial charge in [0, 0.05) is 18.8 Å². The van der Waals surface area contributed by atoms with E-state index in [4.69, 9.17) is 0 Å². The predicted molar refractivity (Wildman–Crippen MR) is 93.1 cm³/mol. The first kappa shape index (κ1) is 12.8. The number of pyridine rings is 1. The van der Waals surface area contributed by atoms with Crippen LogP contribution in [0, 0.1) is 0 Å². The number of rotatable bonds is 2. The molecule has 7 heteroatoms. The summed E-state index contributed by atoms with van der Waals surface area (Å²) in [4.78, 5) is 20.8. The van der Waals surface area contributed by atoms with Gasteiger partial charge in [0.1, 0.15) is 0 Å². The van der Waals surface area contributed by atoms with Gasteiger partial charge < -0.3 is 14.8 Å². The molecule has 0 aliphatic carbocycles. The van der Waals surface area contributed by atoms with E-state index in [1.807, 2.05) is 11.7 Å². The van der Waals surface area contributed by atoms with Crippen molar-refractivity contribution < 1.29 is 0 Å². The zero-order chi connectivity index (χ0) is 15.2. The van der Waals surface area contributed by atoms with E-state index in [1.165, 1.54) is 10.4 Å². The molecular weight excluding hydrogens is 308 g/mol. The van der Waals surface area contributed by atoms with Gasteiger partial charge in [-0.1, -0.05) is 0 Å². The number of thiazole rings is 1. The number of hydrogen-bond acceptors (Lipinski definition) is 6. The number of H-pyrrole nitrogens is 1. The van der Waals surface area contributed by atoms with Gasteiger partial charge in [-0.15, -0.1) is 11.3 Å². The first-order valence-electron chi connectivity index (χ1n) is 7.49. The average Bonchev–Trinajstić information content (AvgIpc) is 3.32. The highest BCUT2D eigenvalue weighted by atomic mass is 32.1. The zero-order valence-electron chi connectivity index (χ0n) is 12.3. The number of benzene rings is 1. The summed E-state index contributed by atoms with van der Waals surface area (Å²) in [6, 6.07) is 8.60. The van der Waals surface area contributed by atoms with Gasteiger partial charge in [0.05, 0.1) is 46.1 Å². The average molecular weight is 322 g/mol. The molecule has 4 heterocycles. The molecule has 1 fully saturated rings. The van der Waals surface area contributed by atoms with Gasteiger partial charge in [0.2, 0.25) is 0 Å². The van der Waals surface area contributed by atoms with Crippen molar-refractivity contribution in [3.63, 3.8) is 0 Å². The van der Waals surface area contributed by atoms with E-state index in [9.17, 15) is 0 Å². The van der Waals surface area contributed by atoms with Crippen molar-refractivity contribution >= 4 is 44.1 Å². The minimum absolute atomic E-state index is 0.764. The summed E-state index contributed by atoms with van der Waals surface area (Å²) in [6.45, 7) is 2.86. The SMILES string of the molecule is c1nc2ncc(N3CCN(c4ccc5ncsc5c4)C3)cc2[nH]1. The second kappa shape index (κ2) is 4.92. The molecule has 114 valence electrons. The standard InChI is InChI=1S/C16H14N6S/c1-2-13-15(23-9-20-13)6-11(1)21-3-4-22(10-21)12-5-14-16(17-7-12)19-8-18-14/h1-2,5-9H,3-4,10H2,(H,17,18,19). The van der Waals surface area contributed by atoms with E-state index in [1.54, 1.807) is 17.7 Å². The van der Waals surface area contributed by atoms with Gasteiger partial charge in [-0.3, -0.25) is 0 Å². The molecule has 6 nitrogen and oxygen atoms in total. The summed E-state index contributed by atoms with van der Waals surface area (Å²) < 4.78 is 1.24. The monoisotopic (exact) mass is 322 g/mol. The molecule has 0 spiro atoms. The molecule has 0 atom stereocenters. The highest BCUT2D eigenvalue weighted by Crippen LogP contribution is 2.28. The summed E-state index contributed by atoms with van der Waals surface area (Å²) >= 11 is 1.69. The number of nitrogens with one attached hydrogen (secondary N) is 1. The molecule has 0 bridgehead atoms. The van der Waals surface area contributed by atoms with Crippen LogP contribution in [0.5, 0.6) is 0 Å². The van der Waals surface area contributed by atoms with E-state index < -0.39 is 0 Å². The Morgan fingerprint density at radius 1 is 1.00 bits per heavy atom. The summed E-state index contributed by atoms with van der Waals surface area (Å²) in [7, 11) is 0. The first-order valence-corrected chi connectivity index (χ1v) is 8.37. The third kappa shape index (κ3) is 2.12. The minimum atomic E-state index is 0.764. The summed E-state index contributed by atoms with van der Waals surface area (Å²) in [5, 5.41) is 0. The van der Waals surface area contributed by atoms with Crippen LogP contribution in [0.4, 0.5) is 11.4 Å². The molecule has 5 rings (SSSR count). The van der Waals surface area contributed by atoms with Gasteiger partial charge in [0.25, 0.3) is 0 Å². The Morgan fingerprint density at radius 3 is 2.87 bits per heavy atom. The Kier molecular flexibility index (Phi) is 2.75. The van der Waals surface area contributed by atoms with Crippen LogP contribution in [-0.2, 0) is 0 Å². The highest BCUT2D eigenvalue weighted by molar-refractivity contribution is 7.16. The van der Waals surface area contributed by atoms with Crippen LogP contribution in [0.15, 0.2) is 42.3 Å². The smallest absolute Gasteiger partial charge is 0.177 e. The third-order valence-electron chi connectivity index (χ3n) is 4.29. The number of hydrogen-bond donors (Lipinski definition) is 1. The molecule has 4 aromatic rings. The van der Waals surface area contributed by atoms with Crippen LogP contribution in [0.1, 0.15) is 0 Å². The second-order valence-corrected chi connectivity index (χ2v) is 6.53. The maximum absolute atomic E-state index is 4.41. The number of nitrogens with zero attached hydrogens (tertiary/aromatic N) is 5. The second-order valence-electron chi connectivity index (χ2n) is 5.64. The van der Waals surface area contributed by atoms with E-state index in [0.29, 0.717) is 0 Å². The fraction of sp³-hybridized carbons (Fsp3) is 0.188. The van der Waals surface area contributed by atoms with Crippen molar-refractivity contribution in [3.8, 4) is 0 Å². The number of anilines is 2. The van der Waals surface area contributed by atoms with Crippen molar-refractivity contribution in [3.05, 3.63) is 42.3 Å². The molecule has 1 aliphatic heterocycles. The van der Waals surface area contributed by atoms with Crippen LogP contribution >= 0.6 is 11.3 Å². The maximum atomic E-state index is 4.41. The lowest BCUT2D eigenvalue weighted by atomic mass is 10.3. The lowest BCUT2D eigenvalue weighted by Crippen LogP contribution is -2.24.